The molecule has 3 rings (SSSR count). The maximum atomic E-state index is 11.9. The second kappa shape index (κ2) is 7.18. The second-order valence-corrected chi connectivity index (χ2v) is 7.64. The summed E-state index contributed by atoms with van der Waals surface area (Å²) in [6, 6.07) is 4.54. The first-order valence-corrected chi connectivity index (χ1v) is 9.43. The summed E-state index contributed by atoms with van der Waals surface area (Å²) in [7, 11) is 0. The molecule has 1 saturated carbocycles. The Morgan fingerprint density at radius 1 is 1.30 bits per heavy atom. The lowest BCUT2D eigenvalue weighted by atomic mass is 9.96. The van der Waals surface area contributed by atoms with E-state index in [1.165, 1.54) is 37.7 Å². The van der Waals surface area contributed by atoms with Gasteiger partial charge in [-0.15, -0.1) is 0 Å². The first-order valence-electron chi connectivity index (χ1n) is 8.22. The van der Waals surface area contributed by atoms with Gasteiger partial charge in [-0.05, 0) is 49.2 Å². The van der Waals surface area contributed by atoms with E-state index < -0.39 is 0 Å². The van der Waals surface area contributed by atoms with Crippen molar-refractivity contribution in [1.29, 1.82) is 0 Å². The van der Waals surface area contributed by atoms with Crippen molar-refractivity contribution in [3.05, 3.63) is 22.2 Å². The van der Waals surface area contributed by atoms with Crippen LogP contribution >= 0.6 is 28.1 Å². The quantitative estimate of drug-likeness (QED) is 0.743. The predicted molar refractivity (Wildman–Crippen MR) is 102 cm³/mol. The van der Waals surface area contributed by atoms with E-state index in [0.717, 1.165) is 28.8 Å². The average molecular weight is 396 g/mol. The number of halogens is 1. The molecule has 0 atom stereocenters. The third-order valence-electron chi connectivity index (χ3n) is 4.60. The maximum Gasteiger partial charge on any atom is 0.223 e. The molecule has 0 unspecified atom stereocenters. The van der Waals surface area contributed by atoms with Crippen LogP contribution in [0.3, 0.4) is 0 Å². The molecule has 1 aromatic rings. The molecule has 0 spiro atoms. The molecule has 1 fully saturated rings. The van der Waals surface area contributed by atoms with Gasteiger partial charge in [0.2, 0.25) is 5.91 Å². The molecule has 1 aliphatic carbocycles. The van der Waals surface area contributed by atoms with Gasteiger partial charge in [-0.2, -0.15) is 0 Å². The fraction of sp³-hybridized carbons (Fsp3) is 0.529. The summed E-state index contributed by atoms with van der Waals surface area (Å²) in [6.07, 6.45) is 7.10. The van der Waals surface area contributed by atoms with E-state index in [9.17, 15) is 4.79 Å². The minimum atomic E-state index is 0.0697. The minimum Gasteiger partial charge on any atom is -0.360 e. The molecule has 0 saturated heterocycles. The minimum absolute atomic E-state index is 0.0697. The molecular formula is C17H22BrN3OS. The van der Waals surface area contributed by atoms with Crippen molar-refractivity contribution in [1.82, 2.24) is 5.32 Å². The largest absolute Gasteiger partial charge is 0.360 e. The Hall–Kier alpha value is -1.14. The summed E-state index contributed by atoms with van der Waals surface area (Å²) in [5.74, 6) is 0.0697. The number of nitrogens with one attached hydrogen (secondary N) is 2. The van der Waals surface area contributed by atoms with Gasteiger partial charge in [0, 0.05) is 24.0 Å². The fourth-order valence-electron chi connectivity index (χ4n) is 3.51. The highest BCUT2D eigenvalue weighted by atomic mass is 79.9. The van der Waals surface area contributed by atoms with Gasteiger partial charge in [0.25, 0.3) is 0 Å². The Labute approximate surface area is 151 Å². The molecule has 6 heteroatoms. The van der Waals surface area contributed by atoms with Gasteiger partial charge in [-0.3, -0.25) is 4.79 Å². The Kier molecular flexibility index (Phi) is 5.21. The van der Waals surface area contributed by atoms with Crippen molar-refractivity contribution in [3.8, 4) is 0 Å². The highest BCUT2D eigenvalue weighted by Gasteiger charge is 2.26. The van der Waals surface area contributed by atoms with Crippen LogP contribution in [0.5, 0.6) is 0 Å². The molecule has 4 nitrogen and oxygen atoms in total. The lowest BCUT2D eigenvalue weighted by molar-refractivity contribution is -0.116. The Bertz CT molecular complexity index is 629. The second-order valence-electron chi connectivity index (χ2n) is 6.32. The molecule has 0 bridgehead atoms. The summed E-state index contributed by atoms with van der Waals surface area (Å²) in [5.41, 5.74) is 3.04. The Morgan fingerprint density at radius 2 is 2.04 bits per heavy atom. The van der Waals surface area contributed by atoms with Crippen LogP contribution in [0.25, 0.3) is 0 Å². The molecule has 0 radical (unpaired) electrons. The number of rotatable bonds is 2. The zero-order valence-corrected chi connectivity index (χ0v) is 15.7. The van der Waals surface area contributed by atoms with Crippen molar-refractivity contribution in [2.24, 2.45) is 0 Å². The standard InChI is InChI=1S/C17H22BrN3OS/c1-11(22)21-8-7-12-9-13(18)10-15(16(12)21)20-17(23)19-14-5-3-2-4-6-14/h9-10,14H,2-8H2,1H3,(H2,19,20,23). The van der Waals surface area contributed by atoms with Crippen molar-refractivity contribution in [2.45, 2.75) is 51.5 Å². The van der Waals surface area contributed by atoms with Crippen molar-refractivity contribution in [3.63, 3.8) is 0 Å². The number of carbonyl (C=O) groups excluding carboxylic acids is 1. The number of benzene rings is 1. The summed E-state index contributed by atoms with van der Waals surface area (Å²) < 4.78 is 1.00. The lowest BCUT2D eigenvalue weighted by Gasteiger charge is -2.25. The van der Waals surface area contributed by atoms with Gasteiger partial charge in [-0.1, -0.05) is 35.2 Å². The molecular weight excluding hydrogens is 374 g/mol. The number of hydrogen-bond acceptors (Lipinski definition) is 2. The van der Waals surface area contributed by atoms with Gasteiger partial charge in [-0.25, -0.2) is 0 Å². The maximum absolute atomic E-state index is 11.9. The molecule has 1 amide bonds. The third-order valence-corrected chi connectivity index (χ3v) is 5.27. The SMILES string of the molecule is CC(=O)N1CCc2cc(Br)cc(NC(=S)NC3CCCCC3)c21. The van der Waals surface area contributed by atoms with E-state index in [1.807, 2.05) is 11.0 Å². The van der Waals surface area contributed by atoms with E-state index in [2.05, 4.69) is 32.6 Å². The Morgan fingerprint density at radius 3 is 2.74 bits per heavy atom. The van der Waals surface area contributed by atoms with Gasteiger partial charge < -0.3 is 15.5 Å². The third kappa shape index (κ3) is 3.86. The van der Waals surface area contributed by atoms with E-state index in [4.69, 9.17) is 12.2 Å². The molecule has 2 aliphatic rings. The number of anilines is 2. The van der Waals surface area contributed by atoms with Crippen LogP contribution < -0.4 is 15.5 Å². The normalized spacial score (nSPS) is 17.7. The molecule has 1 aliphatic heterocycles. The smallest absolute Gasteiger partial charge is 0.223 e. The zero-order chi connectivity index (χ0) is 16.4. The van der Waals surface area contributed by atoms with Gasteiger partial charge in [0.05, 0.1) is 11.4 Å². The van der Waals surface area contributed by atoms with Crippen molar-refractivity contribution in [2.75, 3.05) is 16.8 Å². The fourth-order valence-corrected chi connectivity index (χ4v) is 4.29. The topological polar surface area (TPSA) is 44.4 Å². The van der Waals surface area contributed by atoms with Crippen LogP contribution in [0.15, 0.2) is 16.6 Å². The van der Waals surface area contributed by atoms with Crippen LogP contribution in [0.4, 0.5) is 11.4 Å². The van der Waals surface area contributed by atoms with Crippen molar-refractivity contribution >= 4 is 50.5 Å². The lowest BCUT2D eigenvalue weighted by Crippen LogP contribution is -2.39. The van der Waals surface area contributed by atoms with Gasteiger partial charge in [0.15, 0.2) is 5.11 Å². The van der Waals surface area contributed by atoms with Crippen LogP contribution in [0, 0.1) is 0 Å². The molecule has 2 N–H and O–H groups in total. The summed E-state index contributed by atoms with van der Waals surface area (Å²) >= 11 is 9.05. The summed E-state index contributed by atoms with van der Waals surface area (Å²) in [5, 5.41) is 7.38. The van der Waals surface area contributed by atoms with Crippen LogP contribution in [0.2, 0.25) is 0 Å². The van der Waals surface area contributed by atoms with Crippen LogP contribution in [-0.2, 0) is 11.2 Å². The zero-order valence-electron chi connectivity index (χ0n) is 13.3. The van der Waals surface area contributed by atoms with E-state index in [1.54, 1.807) is 6.92 Å². The first-order chi connectivity index (χ1) is 11.0. The van der Waals surface area contributed by atoms with Gasteiger partial charge in [0.1, 0.15) is 0 Å². The van der Waals surface area contributed by atoms with Crippen LogP contribution in [-0.4, -0.2) is 23.6 Å². The highest BCUT2D eigenvalue weighted by molar-refractivity contribution is 9.10. The average Bonchev–Trinajstić information content (AvgIpc) is 2.92. The number of amides is 1. The predicted octanol–water partition coefficient (Wildman–Crippen LogP) is 3.98. The molecule has 1 heterocycles. The summed E-state index contributed by atoms with van der Waals surface area (Å²) in [6.45, 7) is 2.35. The van der Waals surface area contributed by atoms with Crippen molar-refractivity contribution < 1.29 is 4.79 Å². The van der Waals surface area contributed by atoms with E-state index >= 15 is 0 Å². The number of thiocarbonyl (C=S) groups is 1. The monoisotopic (exact) mass is 395 g/mol. The molecule has 23 heavy (non-hydrogen) atoms. The van der Waals surface area contributed by atoms with E-state index in [0.29, 0.717) is 11.2 Å². The van der Waals surface area contributed by atoms with Gasteiger partial charge >= 0.3 is 0 Å². The number of fused-ring (bicyclic) bond motifs is 1. The summed E-state index contributed by atoms with van der Waals surface area (Å²) in [4.78, 5) is 13.7. The molecule has 0 aromatic heterocycles. The first kappa shape index (κ1) is 16.7. The number of nitrogens with zero attached hydrogens (tertiary/aromatic N) is 1. The van der Waals surface area contributed by atoms with E-state index in [-0.39, 0.29) is 5.91 Å². The highest BCUT2D eigenvalue weighted by Crippen LogP contribution is 2.38. The van der Waals surface area contributed by atoms with Crippen LogP contribution in [0.1, 0.15) is 44.6 Å². The Balaban J connectivity index is 1.77. The molecule has 1 aromatic carbocycles. The number of carbonyl (C=O) groups is 1. The number of hydrogen-bond donors (Lipinski definition) is 2. The molecule has 124 valence electrons.